The summed E-state index contributed by atoms with van der Waals surface area (Å²) < 4.78 is 10.7. The SMILES string of the molecule is COc1ccc([C@@H]2CC(=O)C3=C(C2)NC(=O)C[C@H]3c2cccc(Cl)c2Cl)cc1OC. The molecule has 2 atom stereocenters. The second kappa shape index (κ2) is 8.32. The highest BCUT2D eigenvalue weighted by atomic mass is 35.5. The van der Waals surface area contributed by atoms with Crippen LogP contribution in [0.5, 0.6) is 11.5 Å². The molecule has 7 heteroatoms. The van der Waals surface area contributed by atoms with E-state index in [1.54, 1.807) is 26.4 Å². The molecule has 1 N–H and O–H groups in total. The lowest BCUT2D eigenvalue weighted by Crippen LogP contribution is -2.38. The summed E-state index contributed by atoms with van der Waals surface area (Å²) in [4.78, 5) is 25.7. The maximum absolute atomic E-state index is 13.2. The predicted molar refractivity (Wildman–Crippen MR) is 116 cm³/mol. The van der Waals surface area contributed by atoms with E-state index in [4.69, 9.17) is 32.7 Å². The highest BCUT2D eigenvalue weighted by molar-refractivity contribution is 6.42. The third kappa shape index (κ3) is 3.68. The van der Waals surface area contributed by atoms with Gasteiger partial charge in [0, 0.05) is 30.0 Å². The van der Waals surface area contributed by atoms with E-state index in [1.807, 2.05) is 24.3 Å². The number of halogens is 2. The van der Waals surface area contributed by atoms with Crippen LogP contribution >= 0.6 is 23.2 Å². The van der Waals surface area contributed by atoms with Gasteiger partial charge in [0.15, 0.2) is 17.3 Å². The number of amides is 1. The number of carbonyl (C=O) groups is 2. The molecule has 156 valence electrons. The van der Waals surface area contributed by atoms with E-state index >= 15 is 0 Å². The molecule has 0 aromatic heterocycles. The number of hydrogen-bond acceptors (Lipinski definition) is 4. The maximum atomic E-state index is 13.2. The van der Waals surface area contributed by atoms with E-state index in [0.717, 1.165) is 5.56 Å². The molecule has 5 nitrogen and oxygen atoms in total. The zero-order valence-electron chi connectivity index (χ0n) is 16.6. The van der Waals surface area contributed by atoms with E-state index in [2.05, 4.69) is 5.32 Å². The van der Waals surface area contributed by atoms with Crippen molar-refractivity contribution in [1.82, 2.24) is 5.32 Å². The number of carbonyl (C=O) groups excluding carboxylic acids is 2. The quantitative estimate of drug-likeness (QED) is 0.717. The van der Waals surface area contributed by atoms with Gasteiger partial charge in [0.2, 0.25) is 5.91 Å². The fourth-order valence-corrected chi connectivity index (χ4v) is 4.80. The summed E-state index contributed by atoms with van der Waals surface area (Å²) in [5.41, 5.74) is 2.98. The molecule has 0 saturated carbocycles. The summed E-state index contributed by atoms with van der Waals surface area (Å²) in [7, 11) is 3.16. The van der Waals surface area contributed by atoms with Crippen LogP contribution in [0, 0.1) is 0 Å². The van der Waals surface area contributed by atoms with Crippen molar-refractivity contribution in [3.05, 3.63) is 68.8 Å². The van der Waals surface area contributed by atoms with E-state index < -0.39 is 0 Å². The first-order chi connectivity index (χ1) is 14.4. The fraction of sp³-hybridized carbons (Fsp3) is 0.304. The molecule has 1 amide bonds. The van der Waals surface area contributed by atoms with Gasteiger partial charge in [0.1, 0.15) is 0 Å². The number of methoxy groups -OCH3 is 2. The number of benzene rings is 2. The lowest BCUT2D eigenvalue weighted by Gasteiger charge is -2.35. The van der Waals surface area contributed by atoms with E-state index in [9.17, 15) is 9.59 Å². The Kier molecular flexibility index (Phi) is 5.76. The number of rotatable bonds is 4. The molecule has 0 spiro atoms. The average molecular weight is 446 g/mol. The molecule has 0 saturated heterocycles. The van der Waals surface area contributed by atoms with Crippen molar-refractivity contribution >= 4 is 34.9 Å². The predicted octanol–water partition coefficient (Wildman–Crippen LogP) is 5.01. The van der Waals surface area contributed by atoms with Crippen molar-refractivity contribution in [2.24, 2.45) is 0 Å². The second-order valence-corrected chi connectivity index (χ2v) is 8.27. The Morgan fingerprint density at radius 1 is 0.967 bits per heavy atom. The minimum absolute atomic E-state index is 0.0112. The minimum atomic E-state index is -0.390. The first-order valence-corrected chi connectivity index (χ1v) is 10.4. The summed E-state index contributed by atoms with van der Waals surface area (Å²) in [5, 5.41) is 3.72. The van der Waals surface area contributed by atoms with Crippen LogP contribution in [0.4, 0.5) is 0 Å². The zero-order valence-corrected chi connectivity index (χ0v) is 18.1. The van der Waals surface area contributed by atoms with Gasteiger partial charge in [-0.3, -0.25) is 9.59 Å². The molecule has 30 heavy (non-hydrogen) atoms. The van der Waals surface area contributed by atoms with Crippen LogP contribution in [0.2, 0.25) is 10.0 Å². The molecule has 2 aromatic carbocycles. The number of nitrogens with one attached hydrogen (secondary N) is 1. The standard InChI is InChI=1S/C23H21Cl2NO4/c1-29-19-7-6-12(10-20(19)30-2)13-8-17-22(18(27)9-13)15(11-21(28)26-17)14-4-3-5-16(24)23(14)25/h3-7,10,13,15H,8-9,11H2,1-2H3,(H,26,28)/t13-,15-/m0/s1. The largest absolute Gasteiger partial charge is 0.493 e. The van der Waals surface area contributed by atoms with Crippen molar-refractivity contribution in [3.8, 4) is 11.5 Å². The van der Waals surface area contributed by atoms with E-state index in [0.29, 0.717) is 51.2 Å². The number of ketones is 1. The minimum Gasteiger partial charge on any atom is -0.493 e. The van der Waals surface area contributed by atoms with Gasteiger partial charge < -0.3 is 14.8 Å². The lowest BCUT2D eigenvalue weighted by atomic mass is 9.73. The van der Waals surface area contributed by atoms with Crippen LogP contribution in [0.1, 0.15) is 42.2 Å². The van der Waals surface area contributed by atoms with Crippen LogP contribution < -0.4 is 14.8 Å². The average Bonchev–Trinajstić information content (AvgIpc) is 2.74. The Morgan fingerprint density at radius 3 is 2.47 bits per heavy atom. The lowest BCUT2D eigenvalue weighted by molar-refractivity contribution is -0.122. The first kappa shape index (κ1) is 20.8. The van der Waals surface area contributed by atoms with Gasteiger partial charge in [-0.2, -0.15) is 0 Å². The van der Waals surface area contributed by atoms with Crippen LogP contribution in [0.15, 0.2) is 47.7 Å². The number of allylic oxidation sites excluding steroid dienone is 2. The molecule has 0 unspecified atom stereocenters. The van der Waals surface area contributed by atoms with Gasteiger partial charge in [-0.15, -0.1) is 0 Å². The smallest absolute Gasteiger partial charge is 0.225 e. The van der Waals surface area contributed by atoms with Crippen molar-refractivity contribution < 1.29 is 19.1 Å². The second-order valence-electron chi connectivity index (χ2n) is 7.48. The zero-order chi connectivity index (χ0) is 21.4. The van der Waals surface area contributed by atoms with Gasteiger partial charge >= 0.3 is 0 Å². The van der Waals surface area contributed by atoms with Crippen molar-refractivity contribution in [1.29, 1.82) is 0 Å². The summed E-state index contributed by atoms with van der Waals surface area (Å²) in [6.07, 6.45) is 1.07. The van der Waals surface area contributed by atoms with Crippen LogP contribution in [0.3, 0.4) is 0 Å². The van der Waals surface area contributed by atoms with Gasteiger partial charge in [-0.25, -0.2) is 0 Å². The molecule has 2 aromatic rings. The van der Waals surface area contributed by atoms with Gasteiger partial charge in [-0.05, 0) is 41.7 Å². The molecule has 4 rings (SSSR count). The summed E-state index contributed by atoms with van der Waals surface area (Å²) in [6.45, 7) is 0. The third-order valence-corrected chi connectivity index (χ3v) is 6.61. The van der Waals surface area contributed by atoms with Gasteiger partial charge in [0.05, 0.1) is 24.3 Å². The number of ether oxygens (including phenoxy) is 2. The fourth-order valence-electron chi connectivity index (χ4n) is 4.36. The molecule has 0 radical (unpaired) electrons. The van der Waals surface area contributed by atoms with E-state index in [1.165, 1.54) is 0 Å². The van der Waals surface area contributed by atoms with Crippen LogP contribution in [-0.2, 0) is 9.59 Å². The summed E-state index contributed by atoms with van der Waals surface area (Å²) in [6, 6.07) is 11.0. The third-order valence-electron chi connectivity index (χ3n) is 5.77. The van der Waals surface area contributed by atoms with Crippen LogP contribution in [-0.4, -0.2) is 25.9 Å². The maximum Gasteiger partial charge on any atom is 0.225 e. The highest BCUT2D eigenvalue weighted by Crippen LogP contribution is 2.45. The monoisotopic (exact) mass is 445 g/mol. The highest BCUT2D eigenvalue weighted by Gasteiger charge is 2.39. The molecular weight excluding hydrogens is 425 g/mol. The Balaban J connectivity index is 1.72. The summed E-state index contributed by atoms with van der Waals surface area (Å²) in [5.74, 6) is 0.666. The molecule has 1 aliphatic heterocycles. The topological polar surface area (TPSA) is 64.6 Å². The van der Waals surface area contributed by atoms with Crippen molar-refractivity contribution in [2.75, 3.05) is 14.2 Å². The molecule has 2 aliphatic rings. The molecule has 0 fully saturated rings. The van der Waals surface area contributed by atoms with Crippen molar-refractivity contribution in [3.63, 3.8) is 0 Å². The first-order valence-electron chi connectivity index (χ1n) is 9.64. The Morgan fingerprint density at radius 2 is 1.73 bits per heavy atom. The van der Waals surface area contributed by atoms with Gasteiger partial charge in [-0.1, -0.05) is 41.4 Å². The Hall–Kier alpha value is -2.50. The van der Waals surface area contributed by atoms with E-state index in [-0.39, 0.29) is 29.9 Å². The van der Waals surface area contributed by atoms with Crippen molar-refractivity contribution in [2.45, 2.75) is 31.1 Å². The summed E-state index contributed by atoms with van der Waals surface area (Å²) >= 11 is 12.6. The molecule has 0 bridgehead atoms. The number of Topliss-reactive ketones (excluding diaryl/α,β-unsaturated/α-hetero) is 1. The van der Waals surface area contributed by atoms with Crippen LogP contribution in [0.25, 0.3) is 0 Å². The van der Waals surface area contributed by atoms with Gasteiger partial charge in [0.25, 0.3) is 0 Å². The Labute approximate surface area is 185 Å². The Bertz CT molecular complexity index is 1060. The number of hydrogen-bond donors (Lipinski definition) is 1. The molecular formula is C23H21Cl2NO4. The molecule has 1 heterocycles. The molecule has 1 aliphatic carbocycles. The normalized spacial score (nSPS) is 21.2.